The molecular formula is C29H32BrNO3. The Balaban J connectivity index is 1.63. The molecule has 0 radical (unpaired) electrons. The highest BCUT2D eigenvalue weighted by Crippen LogP contribution is 2.41. The van der Waals surface area contributed by atoms with Crippen LogP contribution in [-0.2, 0) is 33.8 Å². The summed E-state index contributed by atoms with van der Waals surface area (Å²) in [6.07, 6.45) is 0.960. The zero-order chi connectivity index (χ0) is 23.8. The van der Waals surface area contributed by atoms with Gasteiger partial charge in [0.2, 0.25) is 0 Å². The molecule has 4 rings (SSSR count). The molecule has 4 nitrogen and oxygen atoms in total. The topological polar surface area (TPSA) is 38.8 Å². The average molecular weight is 522 g/mol. The lowest BCUT2D eigenvalue weighted by Gasteiger charge is -2.46. The summed E-state index contributed by atoms with van der Waals surface area (Å²) in [6.45, 7) is 5.00. The molecule has 0 aromatic heterocycles. The molecule has 0 bridgehead atoms. The molecule has 1 aliphatic rings. The van der Waals surface area contributed by atoms with E-state index in [1.807, 2.05) is 49.4 Å². The number of hydrogen-bond donors (Lipinski definition) is 0. The van der Waals surface area contributed by atoms with Crippen molar-refractivity contribution in [1.29, 1.82) is 0 Å². The minimum atomic E-state index is -0.748. The lowest BCUT2D eigenvalue weighted by molar-refractivity contribution is -0.176. The molecule has 3 aromatic rings. The van der Waals surface area contributed by atoms with E-state index in [-0.39, 0.29) is 12.1 Å². The van der Waals surface area contributed by atoms with E-state index in [2.05, 4.69) is 63.3 Å². The van der Waals surface area contributed by atoms with Crippen molar-refractivity contribution >= 4 is 21.9 Å². The van der Waals surface area contributed by atoms with Crippen LogP contribution in [0.3, 0.4) is 0 Å². The quantitative estimate of drug-likeness (QED) is 0.322. The van der Waals surface area contributed by atoms with Gasteiger partial charge in [-0.1, -0.05) is 94.8 Å². The number of carbonyl (C=O) groups is 1. The fraction of sp³-hybridized carbons (Fsp3) is 0.345. The van der Waals surface area contributed by atoms with Crippen LogP contribution in [0.4, 0.5) is 0 Å². The van der Waals surface area contributed by atoms with E-state index in [9.17, 15) is 4.79 Å². The summed E-state index contributed by atoms with van der Waals surface area (Å²) >= 11 is 3.68. The Hall–Kier alpha value is -2.47. The zero-order valence-corrected chi connectivity index (χ0v) is 21.2. The second-order valence-corrected chi connectivity index (χ2v) is 9.76. The maximum Gasteiger partial charge on any atom is 0.315 e. The molecule has 5 heteroatoms. The number of halogens is 1. The summed E-state index contributed by atoms with van der Waals surface area (Å²) in [7, 11) is 0. The third-order valence-electron chi connectivity index (χ3n) is 6.60. The van der Waals surface area contributed by atoms with Crippen LogP contribution >= 0.6 is 15.9 Å². The Morgan fingerprint density at radius 1 is 0.971 bits per heavy atom. The van der Waals surface area contributed by atoms with Gasteiger partial charge in [-0.25, -0.2) is 0 Å². The van der Waals surface area contributed by atoms with Gasteiger partial charge in [0.25, 0.3) is 0 Å². The maximum atomic E-state index is 13.6. The van der Waals surface area contributed by atoms with E-state index < -0.39 is 5.41 Å². The Labute approximate surface area is 211 Å². The molecule has 2 unspecified atom stereocenters. The second-order valence-electron chi connectivity index (χ2n) is 8.90. The second kappa shape index (κ2) is 11.8. The normalized spacial score (nSPS) is 20.7. The van der Waals surface area contributed by atoms with E-state index >= 15 is 0 Å². The first-order valence-electron chi connectivity index (χ1n) is 11.9. The number of rotatable bonds is 9. The molecule has 3 aromatic carbocycles. The van der Waals surface area contributed by atoms with Crippen molar-refractivity contribution in [1.82, 2.24) is 4.90 Å². The molecule has 0 spiro atoms. The van der Waals surface area contributed by atoms with Crippen molar-refractivity contribution in [3.05, 3.63) is 106 Å². The van der Waals surface area contributed by atoms with Crippen molar-refractivity contribution < 1.29 is 14.3 Å². The number of likely N-dealkylation sites (tertiary alicyclic amines) is 1. The van der Waals surface area contributed by atoms with Gasteiger partial charge in [-0.15, -0.1) is 0 Å². The lowest BCUT2D eigenvalue weighted by Crippen LogP contribution is -2.57. The summed E-state index contributed by atoms with van der Waals surface area (Å²) in [4.78, 5) is 16.0. The van der Waals surface area contributed by atoms with Crippen molar-refractivity contribution in [2.24, 2.45) is 5.41 Å². The van der Waals surface area contributed by atoms with Crippen molar-refractivity contribution in [3.63, 3.8) is 0 Å². The highest BCUT2D eigenvalue weighted by Gasteiger charge is 2.51. The number of carbonyl (C=O) groups excluding carboxylic acids is 1. The maximum absolute atomic E-state index is 13.6. The molecule has 0 saturated carbocycles. The number of hydrogen-bond acceptors (Lipinski definition) is 4. The van der Waals surface area contributed by atoms with E-state index in [0.29, 0.717) is 32.6 Å². The molecule has 178 valence electrons. The number of ether oxygens (including phenoxy) is 2. The predicted molar refractivity (Wildman–Crippen MR) is 138 cm³/mol. The molecular weight excluding hydrogens is 490 g/mol. The highest BCUT2D eigenvalue weighted by atomic mass is 79.9. The van der Waals surface area contributed by atoms with Gasteiger partial charge < -0.3 is 9.47 Å². The number of piperidine rings is 1. The number of benzene rings is 3. The third-order valence-corrected chi connectivity index (χ3v) is 7.38. The molecule has 1 aliphatic heterocycles. The van der Waals surface area contributed by atoms with Crippen LogP contribution in [0.2, 0.25) is 0 Å². The average Bonchev–Trinajstić information content (AvgIpc) is 2.87. The van der Waals surface area contributed by atoms with Crippen LogP contribution in [0.1, 0.15) is 30.0 Å². The molecule has 0 amide bonds. The first-order chi connectivity index (χ1) is 16.6. The number of esters is 1. The Kier molecular flexibility index (Phi) is 8.54. The largest absolute Gasteiger partial charge is 0.465 e. The molecule has 1 heterocycles. The van der Waals surface area contributed by atoms with E-state index in [1.54, 1.807) is 0 Å². The summed E-state index contributed by atoms with van der Waals surface area (Å²) in [5, 5.41) is 0. The highest BCUT2D eigenvalue weighted by molar-refractivity contribution is 9.10. The van der Waals surface area contributed by atoms with Gasteiger partial charge in [0.1, 0.15) is 5.41 Å². The first-order valence-corrected chi connectivity index (χ1v) is 12.7. The summed E-state index contributed by atoms with van der Waals surface area (Å²) < 4.78 is 13.3. The molecule has 2 atom stereocenters. The summed E-state index contributed by atoms with van der Waals surface area (Å²) in [5.41, 5.74) is 2.71. The monoisotopic (exact) mass is 521 g/mol. The van der Waals surface area contributed by atoms with Gasteiger partial charge in [0, 0.05) is 17.6 Å². The summed E-state index contributed by atoms with van der Waals surface area (Å²) in [5.74, 6) is -0.164. The standard InChI is InChI=1S/C29H32BrNO3/c1-2-33-28(32)29(19-25-15-9-10-16-26(25)30)17-18-31(20-23-11-5-3-6-12-23)21-27(29)34-22-24-13-7-4-8-14-24/h3-16,27H,2,17-22H2,1H3. The summed E-state index contributed by atoms with van der Waals surface area (Å²) in [6, 6.07) is 28.7. The minimum Gasteiger partial charge on any atom is -0.465 e. The molecule has 34 heavy (non-hydrogen) atoms. The van der Waals surface area contributed by atoms with Crippen LogP contribution in [0.25, 0.3) is 0 Å². The van der Waals surface area contributed by atoms with Crippen LogP contribution in [0.5, 0.6) is 0 Å². The van der Waals surface area contributed by atoms with Crippen LogP contribution in [0.15, 0.2) is 89.4 Å². The predicted octanol–water partition coefficient (Wildman–Crippen LogP) is 6.03. The van der Waals surface area contributed by atoms with Crippen molar-refractivity contribution in [3.8, 4) is 0 Å². The molecule has 0 aliphatic carbocycles. The van der Waals surface area contributed by atoms with Crippen molar-refractivity contribution in [2.75, 3.05) is 19.7 Å². The van der Waals surface area contributed by atoms with Gasteiger partial charge in [-0.2, -0.15) is 0 Å². The van der Waals surface area contributed by atoms with E-state index in [4.69, 9.17) is 9.47 Å². The van der Waals surface area contributed by atoms with Crippen molar-refractivity contribution in [2.45, 2.75) is 39.0 Å². The Bertz CT molecular complexity index is 1060. The fourth-order valence-electron chi connectivity index (χ4n) is 4.75. The minimum absolute atomic E-state index is 0.164. The first kappa shape index (κ1) is 24.6. The number of nitrogens with zero attached hydrogens (tertiary/aromatic N) is 1. The van der Waals surface area contributed by atoms with Gasteiger partial charge in [0.15, 0.2) is 0 Å². The SMILES string of the molecule is CCOC(=O)C1(Cc2ccccc2Br)CCN(Cc2ccccc2)CC1OCc1ccccc1. The van der Waals surface area contributed by atoms with Crippen LogP contribution in [-0.4, -0.2) is 36.7 Å². The smallest absolute Gasteiger partial charge is 0.315 e. The fourth-order valence-corrected chi connectivity index (χ4v) is 5.18. The van der Waals surface area contributed by atoms with E-state index in [0.717, 1.165) is 28.7 Å². The van der Waals surface area contributed by atoms with Crippen LogP contribution in [0, 0.1) is 5.41 Å². The lowest BCUT2D eigenvalue weighted by atomic mass is 9.71. The van der Waals surface area contributed by atoms with Gasteiger partial charge >= 0.3 is 5.97 Å². The molecule has 1 saturated heterocycles. The van der Waals surface area contributed by atoms with Gasteiger partial charge in [-0.3, -0.25) is 9.69 Å². The Morgan fingerprint density at radius 3 is 2.29 bits per heavy atom. The van der Waals surface area contributed by atoms with Gasteiger partial charge in [0.05, 0.1) is 19.3 Å². The Morgan fingerprint density at radius 2 is 1.62 bits per heavy atom. The van der Waals surface area contributed by atoms with E-state index in [1.165, 1.54) is 5.56 Å². The zero-order valence-electron chi connectivity index (χ0n) is 19.7. The van der Waals surface area contributed by atoms with Gasteiger partial charge in [-0.05, 0) is 49.1 Å². The molecule has 1 fully saturated rings. The third kappa shape index (κ3) is 5.96. The van der Waals surface area contributed by atoms with Crippen LogP contribution < -0.4 is 0 Å². The molecule has 0 N–H and O–H groups in total.